The number of rotatable bonds is 2. The van der Waals surface area contributed by atoms with Gasteiger partial charge in [0.2, 0.25) is 0 Å². The van der Waals surface area contributed by atoms with Crippen LogP contribution in [0.5, 0.6) is 11.5 Å². The van der Waals surface area contributed by atoms with Crippen LogP contribution in [-0.2, 0) is 0 Å². The average molecular weight is 229 g/mol. The summed E-state index contributed by atoms with van der Waals surface area (Å²) in [6, 6.07) is 3.47. The highest BCUT2D eigenvalue weighted by Gasteiger charge is 2.11. The molecule has 0 bridgehead atoms. The van der Waals surface area contributed by atoms with Crippen molar-refractivity contribution in [2.45, 2.75) is 38.1 Å². The van der Waals surface area contributed by atoms with Gasteiger partial charge in [-0.2, -0.15) is 0 Å². The van der Waals surface area contributed by atoms with Crippen molar-refractivity contribution in [3.05, 3.63) is 17.7 Å². The second kappa shape index (κ2) is 5.26. The van der Waals surface area contributed by atoms with Crippen molar-refractivity contribution in [2.24, 2.45) is 4.99 Å². The van der Waals surface area contributed by atoms with E-state index in [4.69, 9.17) is 7.85 Å². The Morgan fingerprint density at radius 1 is 1.18 bits per heavy atom. The minimum Gasteiger partial charge on any atom is -0.505 e. The Labute approximate surface area is 103 Å². The van der Waals surface area contributed by atoms with Crippen molar-refractivity contribution in [1.29, 1.82) is 0 Å². The first kappa shape index (κ1) is 12.0. The van der Waals surface area contributed by atoms with Gasteiger partial charge in [0.1, 0.15) is 13.6 Å². The summed E-state index contributed by atoms with van der Waals surface area (Å²) in [4.78, 5) is 4.49. The highest BCUT2D eigenvalue weighted by Crippen LogP contribution is 2.23. The summed E-state index contributed by atoms with van der Waals surface area (Å²) in [5.74, 6) is -0.463. The second-order valence-electron chi connectivity index (χ2n) is 4.55. The summed E-state index contributed by atoms with van der Waals surface area (Å²) in [7, 11) is 5.56. The van der Waals surface area contributed by atoms with Crippen LogP contribution in [0.15, 0.2) is 17.1 Å². The van der Waals surface area contributed by atoms with Gasteiger partial charge in [-0.1, -0.05) is 30.8 Å². The first-order valence-electron chi connectivity index (χ1n) is 6.01. The number of aromatic hydroxyl groups is 2. The molecule has 1 aromatic carbocycles. The number of nitrogens with zero attached hydrogens (tertiary/aromatic N) is 1. The minimum atomic E-state index is -0.264. The molecule has 88 valence electrons. The Hall–Kier alpha value is -1.45. The number of hydrogen-bond donors (Lipinski definition) is 2. The van der Waals surface area contributed by atoms with Crippen LogP contribution in [0.2, 0.25) is 0 Å². The van der Waals surface area contributed by atoms with E-state index in [1.54, 1.807) is 12.3 Å². The van der Waals surface area contributed by atoms with Crippen LogP contribution in [0.1, 0.15) is 37.7 Å². The van der Waals surface area contributed by atoms with Gasteiger partial charge in [0.25, 0.3) is 0 Å². The third-order valence-electron chi connectivity index (χ3n) is 3.15. The van der Waals surface area contributed by atoms with E-state index in [-0.39, 0.29) is 17.0 Å². The van der Waals surface area contributed by atoms with Gasteiger partial charge in [-0.3, -0.25) is 4.99 Å². The molecule has 1 aromatic rings. The number of aliphatic imine (C=N–C) groups is 1. The van der Waals surface area contributed by atoms with Crippen LogP contribution in [-0.4, -0.2) is 30.3 Å². The fourth-order valence-corrected chi connectivity index (χ4v) is 2.16. The normalized spacial score (nSPS) is 17.6. The van der Waals surface area contributed by atoms with Gasteiger partial charge in [0.05, 0.1) is 0 Å². The number of benzene rings is 1. The van der Waals surface area contributed by atoms with E-state index in [9.17, 15) is 10.2 Å². The SMILES string of the molecule is [B]c1cc(C=NC2CCCCC2)cc(O)c1O. The largest absolute Gasteiger partial charge is 0.505 e. The molecule has 2 N–H and O–H groups in total. The van der Waals surface area contributed by atoms with E-state index in [0.717, 1.165) is 18.4 Å². The Balaban J connectivity index is 2.10. The zero-order chi connectivity index (χ0) is 12.3. The quantitative estimate of drug-likeness (QED) is 0.460. The van der Waals surface area contributed by atoms with Gasteiger partial charge < -0.3 is 10.2 Å². The Morgan fingerprint density at radius 3 is 2.53 bits per heavy atom. The van der Waals surface area contributed by atoms with Crippen molar-refractivity contribution in [3.63, 3.8) is 0 Å². The Kier molecular flexibility index (Phi) is 3.72. The molecule has 3 nitrogen and oxygen atoms in total. The predicted octanol–water partition coefficient (Wildman–Crippen LogP) is 1.64. The van der Waals surface area contributed by atoms with E-state index in [1.807, 2.05) is 0 Å². The molecule has 0 atom stereocenters. The van der Waals surface area contributed by atoms with Crippen LogP contribution in [0, 0.1) is 0 Å². The van der Waals surface area contributed by atoms with Crippen molar-refractivity contribution >= 4 is 19.5 Å². The van der Waals surface area contributed by atoms with Crippen LogP contribution < -0.4 is 5.46 Å². The lowest BCUT2D eigenvalue weighted by Gasteiger charge is -2.17. The lowest BCUT2D eigenvalue weighted by atomic mass is 9.92. The predicted molar refractivity (Wildman–Crippen MR) is 69.6 cm³/mol. The fourth-order valence-electron chi connectivity index (χ4n) is 2.16. The van der Waals surface area contributed by atoms with E-state index in [1.165, 1.54) is 25.3 Å². The van der Waals surface area contributed by atoms with Crippen molar-refractivity contribution in [3.8, 4) is 11.5 Å². The van der Waals surface area contributed by atoms with Gasteiger partial charge in [0.15, 0.2) is 5.75 Å². The average Bonchev–Trinajstić information content (AvgIpc) is 2.34. The van der Waals surface area contributed by atoms with E-state index in [0.29, 0.717) is 6.04 Å². The van der Waals surface area contributed by atoms with E-state index >= 15 is 0 Å². The Bertz CT molecular complexity index is 402. The van der Waals surface area contributed by atoms with Gasteiger partial charge in [0, 0.05) is 12.3 Å². The first-order chi connectivity index (χ1) is 8.16. The topological polar surface area (TPSA) is 52.8 Å². The van der Waals surface area contributed by atoms with Gasteiger partial charge in [-0.15, -0.1) is 0 Å². The second-order valence-corrected chi connectivity index (χ2v) is 4.55. The molecule has 2 radical (unpaired) electrons. The lowest BCUT2D eigenvalue weighted by Crippen LogP contribution is -2.10. The third-order valence-corrected chi connectivity index (χ3v) is 3.15. The maximum atomic E-state index is 9.43. The maximum Gasteiger partial charge on any atom is 0.157 e. The smallest absolute Gasteiger partial charge is 0.157 e. The molecule has 2 rings (SSSR count). The standard InChI is InChI=1S/C13H16BNO2/c14-11-6-9(7-12(16)13(11)17)8-15-10-4-2-1-3-5-10/h6-8,10,16-17H,1-5H2. The van der Waals surface area contributed by atoms with Crippen molar-refractivity contribution in [1.82, 2.24) is 0 Å². The summed E-state index contributed by atoms with van der Waals surface area (Å²) in [6.07, 6.45) is 7.78. The van der Waals surface area contributed by atoms with Crippen LogP contribution in [0.25, 0.3) is 0 Å². The number of phenols is 2. The molecule has 0 aliphatic heterocycles. The summed E-state index contributed by atoms with van der Waals surface area (Å²) in [5, 5.41) is 18.8. The first-order valence-corrected chi connectivity index (χ1v) is 6.01. The molecule has 0 spiro atoms. The van der Waals surface area contributed by atoms with E-state index < -0.39 is 0 Å². The molecule has 17 heavy (non-hydrogen) atoms. The molecule has 4 heteroatoms. The lowest BCUT2D eigenvalue weighted by molar-refractivity contribution is 0.406. The van der Waals surface area contributed by atoms with Gasteiger partial charge in [-0.25, -0.2) is 0 Å². The van der Waals surface area contributed by atoms with E-state index in [2.05, 4.69) is 4.99 Å². The van der Waals surface area contributed by atoms with Gasteiger partial charge in [-0.05, 0) is 24.5 Å². The summed E-state index contributed by atoms with van der Waals surface area (Å²) < 4.78 is 0. The highest BCUT2D eigenvalue weighted by atomic mass is 16.3. The molecular weight excluding hydrogens is 213 g/mol. The zero-order valence-corrected chi connectivity index (χ0v) is 9.76. The Morgan fingerprint density at radius 2 is 1.88 bits per heavy atom. The molecular formula is C13H16BNO2. The molecule has 0 unspecified atom stereocenters. The monoisotopic (exact) mass is 229 g/mol. The van der Waals surface area contributed by atoms with Crippen LogP contribution in [0.4, 0.5) is 0 Å². The zero-order valence-electron chi connectivity index (χ0n) is 9.76. The molecule has 0 heterocycles. The molecule has 1 aliphatic carbocycles. The van der Waals surface area contributed by atoms with Crippen molar-refractivity contribution < 1.29 is 10.2 Å². The fraction of sp³-hybridized carbons (Fsp3) is 0.462. The van der Waals surface area contributed by atoms with Crippen LogP contribution in [0.3, 0.4) is 0 Å². The molecule has 0 saturated heterocycles. The minimum absolute atomic E-state index is 0.176. The summed E-state index contributed by atoms with van der Waals surface area (Å²) in [6.45, 7) is 0. The number of hydrogen-bond acceptors (Lipinski definition) is 3. The van der Waals surface area contributed by atoms with Crippen LogP contribution >= 0.6 is 0 Å². The molecule has 1 aliphatic rings. The number of phenolic OH excluding ortho intramolecular Hbond substituents is 2. The summed E-state index contributed by atoms with van der Waals surface area (Å²) >= 11 is 0. The van der Waals surface area contributed by atoms with Gasteiger partial charge >= 0.3 is 0 Å². The maximum absolute atomic E-state index is 9.43. The molecule has 1 saturated carbocycles. The molecule has 0 aromatic heterocycles. The third kappa shape index (κ3) is 3.02. The molecule has 0 amide bonds. The summed E-state index contributed by atoms with van der Waals surface area (Å²) in [5.41, 5.74) is 0.901. The van der Waals surface area contributed by atoms with Crippen molar-refractivity contribution in [2.75, 3.05) is 0 Å². The molecule has 1 fully saturated rings. The highest BCUT2D eigenvalue weighted by molar-refractivity contribution is 6.34.